The molecule has 0 aliphatic heterocycles. The number of hydrazone groups is 1. The number of rotatable bonds is 9. The monoisotopic (exact) mass is 464 g/mol. The molecule has 1 unspecified atom stereocenters. The smallest absolute Gasteiger partial charge is 0.258 e. The minimum atomic E-state index is -3.90. The molecule has 33 heavy (non-hydrogen) atoms. The van der Waals surface area contributed by atoms with Crippen LogP contribution in [0.25, 0.3) is 0 Å². The van der Waals surface area contributed by atoms with E-state index >= 15 is 0 Å². The van der Waals surface area contributed by atoms with Crippen molar-refractivity contribution in [1.82, 2.24) is 10.1 Å². The number of aryl methyl sites for hydroxylation is 1. The van der Waals surface area contributed by atoms with Crippen molar-refractivity contribution in [2.75, 3.05) is 19.0 Å². The van der Waals surface area contributed by atoms with Crippen LogP contribution in [0.15, 0.2) is 88.9 Å². The van der Waals surface area contributed by atoms with Crippen molar-refractivity contribution < 1.29 is 13.2 Å². The standard InChI is InChI=1S/C25H28N4O3S/c1-19-9-15-23(16-10-19)33(31,32)28-24(17-20-7-5-4-6-8-20)25(30)27-26-18-21-11-13-22(14-12-21)29(2)3/h4-16,18,24,28H,17H2,1-3H3,(H,27,30)/b26-18+. The first-order valence-electron chi connectivity index (χ1n) is 10.5. The molecule has 3 aromatic carbocycles. The van der Waals surface area contributed by atoms with E-state index in [1.807, 2.05) is 80.5 Å². The first-order chi connectivity index (χ1) is 15.7. The van der Waals surface area contributed by atoms with Crippen LogP contribution in [0.2, 0.25) is 0 Å². The summed E-state index contributed by atoms with van der Waals surface area (Å²) in [5.41, 5.74) is 6.09. The third-order valence-electron chi connectivity index (χ3n) is 5.03. The molecule has 0 heterocycles. The van der Waals surface area contributed by atoms with Gasteiger partial charge in [-0.25, -0.2) is 13.8 Å². The van der Waals surface area contributed by atoms with Crippen LogP contribution >= 0.6 is 0 Å². The van der Waals surface area contributed by atoms with E-state index in [-0.39, 0.29) is 11.3 Å². The van der Waals surface area contributed by atoms with E-state index < -0.39 is 22.0 Å². The third kappa shape index (κ3) is 7.00. The first-order valence-corrected chi connectivity index (χ1v) is 12.0. The molecule has 3 rings (SSSR count). The van der Waals surface area contributed by atoms with E-state index in [4.69, 9.17) is 0 Å². The predicted molar refractivity (Wildman–Crippen MR) is 132 cm³/mol. The Morgan fingerprint density at radius 2 is 1.61 bits per heavy atom. The number of nitrogens with one attached hydrogen (secondary N) is 2. The molecule has 7 nitrogen and oxygen atoms in total. The topological polar surface area (TPSA) is 90.9 Å². The summed E-state index contributed by atoms with van der Waals surface area (Å²) in [5.74, 6) is -0.546. The lowest BCUT2D eigenvalue weighted by molar-refractivity contribution is -0.122. The van der Waals surface area contributed by atoms with Gasteiger partial charge in [0.1, 0.15) is 6.04 Å². The van der Waals surface area contributed by atoms with E-state index in [0.29, 0.717) is 0 Å². The molecular formula is C25H28N4O3S. The summed E-state index contributed by atoms with van der Waals surface area (Å²) in [6.07, 6.45) is 1.70. The average Bonchev–Trinajstić information content (AvgIpc) is 2.80. The molecule has 0 saturated carbocycles. The number of hydrogen-bond acceptors (Lipinski definition) is 5. The highest BCUT2D eigenvalue weighted by atomic mass is 32.2. The molecule has 0 bridgehead atoms. The van der Waals surface area contributed by atoms with Gasteiger partial charge < -0.3 is 4.90 Å². The van der Waals surface area contributed by atoms with Gasteiger partial charge in [0.15, 0.2) is 0 Å². The SMILES string of the molecule is Cc1ccc(S(=O)(=O)NC(Cc2ccccc2)C(=O)N/N=C/c2ccc(N(C)C)cc2)cc1. The Morgan fingerprint density at radius 1 is 0.970 bits per heavy atom. The summed E-state index contributed by atoms with van der Waals surface area (Å²) in [5, 5.41) is 4.02. The van der Waals surface area contributed by atoms with Crippen molar-refractivity contribution in [3.05, 3.63) is 95.6 Å². The molecule has 1 amide bonds. The molecule has 0 aromatic heterocycles. The highest BCUT2D eigenvalue weighted by Gasteiger charge is 2.26. The van der Waals surface area contributed by atoms with Crippen molar-refractivity contribution in [3.63, 3.8) is 0 Å². The van der Waals surface area contributed by atoms with Gasteiger partial charge in [0.25, 0.3) is 5.91 Å². The Bertz CT molecular complexity index is 1190. The highest BCUT2D eigenvalue weighted by molar-refractivity contribution is 7.89. The Morgan fingerprint density at radius 3 is 2.21 bits per heavy atom. The Kier molecular flexibility index (Phi) is 7.97. The average molecular weight is 465 g/mol. The second kappa shape index (κ2) is 10.9. The second-order valence-electron chi connectivity index (χ2n) is 7.90. The number of amides is 1. The van der Waals surface area contributed by atoms with Crippen molar-refractivity contribution in [2.45, 2.75) is 24.3 Å². The van der Waals surface area contributed by atoms with E-state index in [1.165, 1.54) is 18.3 Å². The van der Waals surface area contributed by atoms with Gasteiger partial charge in [0, 0.05) is 19.8 Å². The van der Waals surface area contributed by atoms with Gasteiger partial charge in [-0.05, 0) is 48.7 Å². The van der Waals surface area contributed by atoms with E-state index in [2.05, 4.69) is 15.2 Å². The zero-order valence-electron chi connectivity index (χ0n) is 18.9. The lowest BCUT2D eigenvalue weighted by Crippen LogP contribution is -2.46. The van der Waals surface area contributed by atoms with Crippen LogP contribution in [0.3, 0.4) is 0 Å². The fourth-order valence-corrected chi connectivity index (χ4v) is 4.31. The van der Waals surface area contributed by atoms with E-state index in [0.717, 1.165) is 22.4 Å². The molecule has 8 heteroatoms. The maximum atomic E-state index is 12.9. The number of sulfonamides is 1. The fraction of sp³-hybridized carbons (Fsp3) is 0.200. The molecule has 0 spiro atoms. The van der Waals surface area contributed by atoms with Gasteiger partial charge in [-0.1, -0.05) is 60.2 Å². The molecule has 172 valence electrons. The third-order valence-corrected chi connectivity index (χ3v) is 6.51. The molecule has 3 aromatic rings. The van der Waals surface area contributed by atoms with E-state index in [1.54, 1.807) is 12.1 Å². The van der Waals surface area contributed by atoms with Gasteiger partial charge in [-0.15, -0.1) is 0 Å². The molecule has 0 aliphatic carbocycles. The Balaban J connectivity index is 1.75. The zero-order valence-corrected chi connectivity index (χ0v) is 19.7. The number of anilines is 1. The summed E-state index contributed by atoms with van der Waals surface area (Å²) in [6.45, 7) is 1.88. The summed E-state index contributed by atoms with van der Waals surface area (Å²) >= 11 is 0. The van der Waals surface area contributed by atoms with Gasteiger partial charge in [0.2, 0.25) is 10.0 Å². The van der Waals surface area contributed by atoms with Crippen molar-refractivity contribution >= 4 is 27.8 Å². The van der Waals surface area contributed by atoms with Gasteiger partial charge in [-0.3, -0.25) is 4.79 Å². The maximum Gasteiger partial charge on any atom is 0.258 e. The van der Waals surface area contributed by atoms with Gasteiger partial charge in [-0.2, -0.15) is 9.82 Å². The van der Waals surface area contributed by atoms with Crippen molar-refractivity contribution in [2.24, 2.45) is 5.10 Å². The van der Waals surface area contributed by atoms with Gasteiger partial charge >= 0.3 is 0 Å². The second-order valence-corrected chi connectivity index (χ2v) is 9.61. The minimum Gasteiger partial charge on any atom is -0.378 e. The van der Waals surface area contributed by atoms with Crippen LogP contribution in [0.5, 0.6) is 0 Å². The number of nitrogens with zero attached hydrogens (tertiary/aromatic N) is 2. The lowest BCUT2D eigenvalue weighted by Gasteiger charge is -2.17. The number of carbonyl (C=O) groups is 1. The molecule has 2 N–H and O–H groups in total. The quantitative estimate of drug-likeness (QED) is 0.376. The molecule has 1 atom stereocenters. The van der Waals surface area contributed by atoms with Crippen LogP contribution in [-0.2, 0) is 21.2 Å². The molecule has 0 radical (unpaired) electrons. The maximum absolute atomic E-state index is 12.9. The Hall–Kier alpha value is -3.49. The van der Waals surface area contributed by atoms with Crippen LogP contribution in [0.4, 0.5) is 5.69 Å². The minimum absolute atomic E-state index is 0.100. The van der Waals surface area contributed by atoms with E-state index in [9.17, 15) is 13.2 Å². The predicted octanol–water partition coefficient (Wildman–Crippen LogP) is 3.10. The number of benzene rings is 3. The summed E-state index contributed by atoms with van der Waals surface area (Å²) in [4.78, 5) is 15.0. The normalized spacial score (nSPS) is 12.5. The summed E-state index contributed by atoms with van der Waals surface area (Å²) in [7, 11) is 0.00561. The number of hydrogen-bond donors (Lipinski definition) is 2. The molecule has 0 saturated heterocycles. The van der Waals surface area contributed by atoms with Crippen LogP contribution < -0.4 is 15.0 Å². The summed E-state index contributed by atoms with van der Waals surface area (Å²) < 4.78 is 28.3. The van der Waals surface area contributed by atoms with Crippen LogP contribution in [-0.4, -0.2) is 40.7 Å². The zero-order chi connectivity index (χ0) is 23.8. The highest BCUT2D eigenvalue weighted by Crippen LogP contribution is 2.13. The fourth-order valence-electron chi connectivity index (χ4n) is 3.12. The first kappa shape index (κ1) is 24.2. The number of carbonyl (C=O) groups excluding carboxylic acids is 1. The van der Waals surface area contributed by atoms with Crippen molar-refractivity contribution in [3.8, 4) is 0 Å². The van der Waals surface area contributed by atoms with Crippen LogP contribution in [0, 0.1) is 6.92 Å². The molecule has 0 fully saturated rings. The van der Waals surface area contributed by atoms with Crippen molar-refractivity contribution in [1.29, 1.82) is 0 Å². The molecule has 0 aliphatic rings. The Labute approximate surface area is 195 Å². The largest absolute Gasteiger partial charge is 0.378 e. The van der Waals surface area contributed by atoms with Gasteiger partial charge in [0.05, 0.1) is 11.1 Å². The van der Waals surface area contributed by atoms with Crippen LogP contribution in [0.1, 0.15) is 16.7 Å². The lowest BCUT2D eigenvalue weighted by atomic mass is 10.1. The molecular weight excluding hydrogens is 436 g/mol. The summed E-state index contributed by atoms with van der Waals surface area (Å²) in [6, 6.07) is 22.3.